The molecule has 0 spiro atoms. The quantitative estimate of drug-likeness (QED) is 0.315. The molecule has 0 aromatic rings. The van der Waals surface area contributed by atoms with Crippen LogP contribution in [0.1, 0.15) is 12.8 Å². The summed E-state index contributed by atoms with van der Waals surface area (Å²) in [5.74, 6) is -15.4. The first-order chi connectivity index (χ1) is 9.06. The Morgan fingerprint density at radius 1 is 0.640 bits per heavy atom. The zero-order valence-electron chi connectivity index (χ0n) is 14.6. The molecule has 10 nitrogen and oxygen atoms in total. The molecule has 1 aliphatic carbocycles. The van der Waals surface area contributed by atoms with Gasteiger partial charge < -0.3 is 49.5 Å². The van der Waals surface area contributed by atoms with Crippen molar-refractivity contribution < 1.29 is 197 Å². The second-order valence-corrected chi connectivity index (χ2v) is 4.27. The van der Waals surface area contributed by atoms with E-state index >= 15 is 0 Å². The summed E-state index contributed by atoms with van der Waals surface area (Å²) < 4.78 is 0. The Kier molecular flexibility index (Phi) is 21.8. The molecule has 0 bridgehead atoms. The van der Waals surface area contributed by atoms with Crippen LogP contribution in [0.3, 0.4) is 0 Å². The van der Waals surface area contributed by atoms with Crippen LogP contribution in [-0.4, -0.2) is 29.8 Å². The fraction of sp³-hybridized carbons (Fsp3) is 0.500. The maximum atomic E-state index is 11.1. The van der Waals surface area contributed by atoms with Crippen molar-refractivity contribution in [1.82, 2.24) is 0 Å². The number of hydrogen-bond acceptors (Lipinski definition) is 10. The molecular weight excluding hydrogens is 395 g/mol. The monoisotopic (exact) mass is 400 g/mol. The van der Waals surface area contributed by atoms with Gasteiger partial charge in [-0.05, 0) is 12.8 Å². The van der Waals surface area contributed by atoms with E-state index in [2.05, 4.69) is 0 Å². The Bertz CT molecular complexity index is 508. The number of carboxylic acids is 5. The Morgan fingerprint density at radius 2 is 0.960 bits per heavy atom. The average Bonchev–Trinajstić information content (AvgIpc) is 2.65. The molecule has 0 aromatic carbocycles. The van der Waals surface area contributed by atoms with E-state index in [4.69, 9.17) is 0 Å². The van der Waals surface area contributed by atoms with Crippen LogP contribution >= 0.6 is 0 Å². The van der Waals surface area contributed by atoms with Crippen molar-refractivity contribution in [3.8, 4) is 0 Å². The minimum absolute atomic E-state index is 0. The Labute approximate surface area is 252 Å². The summed E-state index contributed by atoms with van der Waals surface area (Å²) in [6.45, 7) is 0. The molecule has 0 aliphatic heterocycles. The number of rotatable bonds is 5. The SMILES string of the molecule is O=C([O-])C1CCC(C(=O)[O-])(C(=O)[O-])C1(C(=O)[O-])C(=O)[O-].[Na+].[Na+].[Na+].[Na+].[Na+]. The van der Waals surface area contributed by atoms with E-state index in [-0.39, 0.29) is 148 Å². The Balaban J connectivity index is -0.000000267. The second kappa shape index (κ2) is 14.4. The molecule has 1 rings (SSSR count). The molecular formula is C10H5Na5O10. The van der Waals surface area contributed by atoms with Crippen LogP contribution < -0.4 is 173 Å². The van der Waals surface area contributed by atoms with Crippen molar-refractivity contribution in [2.24, 2.45) is 16.7 Å². The Hall–Kier alpha value is 2.35. The van der Waals surface area contributed by atoms with Crippen LogP contribution in [0.5, 0.6) is 0 Å². The third-order valence-corrected chi connectivity index (χ3v) is 3.63. The van der Waals surface area contributed by atoms with Gasteiger partial charge in [0.2, 0.25) is 0 Å². The normalized spacial score (nSPS) is 18.3. The second-order valence-electron chi connectivity index (χ2n) is 4.27. The summed E-state index contributed by atoms with van der Waals surface area (Å²) in [4.78, 5) is 55.1. The van der Waals surface area contributed by atoms with E-state index in [1.807, 2.05) is 0 Å². The molecule has 0 heterocycles. The van der Waals surface area contributed by atoms with Crippen molar-refractivity contribution in [2.45, 2.75) is 12.8 Å². The van der Waals surface area contributed by atoms with Crippen LogP contribution in [0.15, 0.2) is 0 Å². The topological polar surface area (TPSA) is 201 Å². The molecule has 15 heteroatoms. The molecule has 0 aromatic heterocycles. The van der Waals surface area contributed by atoms with Crippen LogP contribution in [0, 0.1) is 16.7 Å². The van der Waals surface area contributed by atoms with Crippen molar-refractivity contribution >= 4 is 29.8 Å². The summed E-state index contributed by atoms with van der Waals surface area (Å²) in [5, 5.41) is 55.1. The predicted octanol–water partition coefficient (Wildman–Crippen LogP) is -22.9. The van der Waals surface area contributed by atoms with E-state index in [0.717, 1.165) is 0 Å². The average molecular weight is 400 g/mol. The molecule has 0 radical (unpaired) electrons. The van der Waals surface area contributed by atoms with Gasteiger partial charge in [0.1, 0.15) is 0 Å². The van der Waals surface area contributed by atoms with E-state index in [9.17, 15) is 49.5 Å². The molecule has 0 saturated heterocycles. The number of carbonyl (C=O) groups is 5. The maximum absolute atomic E-state index is 11.1. The Morgan fingerprint density at radius 3 is 1.16 bits per heavy atom. The van der Waals surface area contributed by atoms with Gasteiger partial charge in [0.15, 0.2) is 0 Å². The minimum Gasteiger partial charge on any atom is -0.550 e. The van der Waals surface area contributed by atoms with E-state index in [1.54, 1.807) is 0 Å². The summed E-state index contributed by atoms with van der Waals surface area (Å²) in [6, 6.07) is 0. The standard InChI is InChI=1S/C10H10O10.5Na/c11-4(12)3-1-2-9(5(13)14,6(15)16)10(3,7(17)18)8(19)20;;;;;/h3H,1-2H2,(H,11,12)(H,13,14)(H,15,16)(H,17,18)(H,19,20);;;;;/q;5*+1/p-5. The van der Waals surface area contributed by atoms with E-state index in [1.165, 1.54) is 0 Å². The molecule has 1 atom stereocenters. The largest absolute Gasteiger partial charge is 1.00 e. The smallest absolute Gasteiger partial charge is 0.550 e. The van der Waals surface area contributed by atoms with Gasteiger partial charge in [0, 0.05) is 11.9 Å². The fourth-order valence-corrected chi connectivity index (χ4v) is 2.69. The predicted molar refractivity (Wildman–Crippen MR) is 42.6 cm³/mol. The van der Waals surface area contributed by atoms with Gasteiger partial charge in [-0.15, -0.1) is 0 Å². The molecule has 1 saturated carbocycles. The van der Waals surface area contributed by atoms with E-state index in [0.29, 0.717) is 0 Å². The molecule has 1 aliphatic rings. The van der Waals surface area contributed by atoms with Crippen molar-refractivity contribution in [3.63, 3.8) is 0 Å². The first-order valence-electron chi connectivity index (χ1n) is 5.13. The van der Waals surface area contributed by atoms with E-state index < -0.39 is 59.4 Å². The summed E-state index contributed by atoms with van der Waals surface area (Å²) >= 11 is 0. The van der Waals surface area contributed by atoms with Gasteiger partial charge in [-0.25, -0.2) is 0 Å². The zero-order valence-corrected chi connectivity index (χ0v) is 24.6. The van der Waals surface area contributed by atoms with Gasteiger partial charge in [0.25, 0.3) is 0 Å². The number of aliphatic carboxylic acids is 5. The molecule has 110 valence electrons. The van der Waals surface area contributed by atoms with Crippen LogP contribution in [0.25, 0.3) is 0 Å². The van der Waals surface area contributed by atoms with Crippen molar-refractivity contribution in [2.75, 3.05) is 0 Å². The van der Waals surface area contributed by atoms with Crippen molar-refractivity contribution in [3.05, 3.63) is 0 Å². The first kappa shape index (κ1) is 38.0. The summed E-state index contributed by atoms with van der Waals surface area (Å²) in [6.07, 6.45) is -2.06. The molecule has 25 heavy (non-hydrogen) atoms. The minimum atomic E-state index is -3.89. The third-order valence-electron chi connectivity index (χ3n) is 3.63. The number of carbonyl (C=O) groups excluding carboxylic acids is 5. The number of carboxylic acid groups (broad SMARTS) is 5. The van der Waals surface area contributed by atoms with Crippen LogP contribution in [0.2, 0.25) is 0 Å². The fourth-order valence-electron chi connectivity index (χ4n) is 2.69. The third kappa shape index (κ3) is 5.93. The molecule has 0 amide bonds. The van der Waals surface area contributed by atoms with Gasteiger partial charge >= 0.3 is 148 Å². The van der Waals surface area contributed by atoms with Crippen LogP contribution in [-0.2, 0) is 24.0 Å². The van der Waals surface area contributed by atoms with Gasteiger partial charge in [-0.1, -0.05) is 0 Å². The summed E-state index contributed by atoms with van der Waals surface area (Å²) in [5.41, 5.74) is -7.51. The molecule has 0 N–H and O–H groups in total. The van der Waals surface area contributed by atoms with Gasteiger partial charge in [0.05, 0.1) is 34.7 Å². The van der Waals surface area contributed by atoms with Crippen molar-refractivity contribution in [1.29, 1.82) is 0 Å². The molecule has 1 fully saturated rings. The zero-order chi connectivity index (χ0) is 15.9. The van der Waals surface area contributed by atoms with Crippen LogP contribution in [0.4, 0.5) is 0 Å². The maximum Gasteiger partial charge on any atom is 1.00 e. The van der Waals surface area contributed by atoms with Gasteiger partial charge in [-0.2, -0.15) is 0 Å². The first-order valence-corrected chi connectivity index (χ1v) is 5.13. The number of hydrogen-bond donors (Lipinski definition) is 0. The summed E-state index contributed by atoms with van der Waals surface area (Å²) in [7, 11) is 0. The molecule has 1 unspecified atom stereocenters. The van der Waals surface area contributed by atoms with Gasteiger partial charge in [-0.3, -0.25) is 0 Å².